The number of esters is 8. The van der Waals surface area contributed by atoms with Crippen LogP contribution in [0, 0.1) is 0 Å². The van der Waals surface area contributed by atoms with E-state index in [1.54, 1.807) is 36.4 Å². The number of hydrogen-bond acceptors (Lipinski definition) is 23. The predicted octanol–water partition coefficient (Wildman–Crippen LogP) is 11.8. The summed E-state index contributed by atoms with van der Waals surface area (Å²) in [6.45, 7) is 10.1. The second-order valence-corrected chi connectivity index (χ2v) is 27.2. The molecule has 0 N–H and O–H groups in total. The van der Waals surface area contributed by atoms with Crippen molar-refractivity contribution in [2.24, 2.45) is 0 Å². The third kappa shape index (κ3) is 19.1. The Morgan fingerprint density at radius 2 is 0.415 bits per heavy atom. The zero-order valence-corrected chi connectivity index (χ0v) is 55.3. The zero-order valence-electron chi connectivity index (χ0n) is 54.3. The van der Waals surface area contributed by atoms with Crippen molar-refractivity contribution in [3.63, 3.8) is 0 Å². The summed E-state index contributed by atoms with van der Waals surface area (Å²) in [7, 11) is 7.18. The standard InChI is InChI=1S/C70H72O23Si/c1-70(2,3)94(12,13)93-61-21-45(39-87-55-17-41(35-89-57-27-47(62(71)79-4)23-48(28-57)63(72)80-5)14-42(18-55)36-90-58-29-49(64(73)81-6)24-50(30-58)65(74)82-7)16-46(22-61)40-88-56-19-43(37-91-59-31-51(66(75)83-8)25-52(32-59)67(76)84-9)15-44(20-56)38-92-60-33-53(68(77)85-10)26-54(34-60)69(78)86-11/h14-34H,35-40H2,1-13H3. The van der Waals surface area contributed by atoms with Gasteiger partial charge in [0.25, 0.3) is 0 Å². The van der Waals surface area contributed by atoms with Gasteiger partial charge in [-0.3, -0.25) is 0 Å². The molecule has 0 unspecified atom stereocenters. The van der Waals surface area contributed by atoms with Gasteiger partial charge in [0.2, 0.25) is 8.32 Å². The molecule has 0 aliphatic rings. The van der Waals surface area contributed by atoms with Gasteiger partial charge >= 0.3 is 47.8 Å². The van der Waals surface area contributed by atoms with E-state index in [0.29, 0.717) is 50.6 Å². The highest BCUT2D eigenvalue weighted by Crippen LogP contribution is 2.38. The van der Waals surface area contributed by atoms with Crippen molar-refractivity contribution in [1.82, 2.24) is 0 Å². The topological polar surface area (TPSA) is 275 Å². The van der Waals surface area contributed by atoms with Crippen molar-refractivity contribution in [2.45, 2.75) is 78.5 Å². The Kier molecular flexibility index (Phi) is 24.0. The Labute approximate surface area is 543 Å². The predicted molar refractivity (Wildman–Crippen MR) is 340 cm³/mol. The number of ether oxygens (including phenoxy) is 14. The number of methoxy groups -OCH3 is 8. The van der Waals surface area contributed by atoms with Crippen LogP contribution in [0.3, 0.4) is 0 Å². The third-order valence-electron chi connectivity index (χ3n) is 14.7. The van der Waals surface area contributed by atoms with Crippen LogP contribution < -0.4 is 32.8 Å². The summed E-state index contributed by atoms with van der Waals surface area (Å²) in [4.78, 5) is 101. The molecular weight excluding hydrogens is 1240 g/mol. The molecule has 0 bridgehead atoms. The number of hydrogen-bond donors (Lipinski definition) is 0. The van der Waals surface area contributed by atoms with Gasteiger partial charge in [0.1, 0.15) is 79.9 Å². The molecule has 0 saturated carbocycles. The molecule has 0 amide bonds. The molecular formula is C70H72O23Si. The van der Waals surface area contributed by atoms with Gasteiger partial charge in [-0.1, -0.05) is 20.8 Å². The number of benzene rings is 7. The lowest BCUT2D eigenvalue weighted by Gasteiger charge is -2.36. The first-order valence-corrected chi connectivity index (χ1v) is 31.8. The van der Waals surface area contributed by atoms with E-state index in [2.05, 4.69) is 33.9 Å². The van der Waals surface area contributed by atoms with E-state index in [9.17, 15) is 38.4 Å². The minimum absolute atomic E-state index is 0.0162. The second kappa shape index (κ2) is 31.9. The lowest BCUT2D eigenvalue weighted by Crippen LogP contribution is -2.43. The van der Waals surface area contributed by atoms with E-state index in [0.717, 1.165) is 0 Å². The van der Waals surface area contributed by atoms with Crippen LogP contribution in [0.1, 0.15) is 137 Å². The molecule has 0 spiro atoms. The van der Waals surface area contributed by atoms with Crippen LogP contribution in [0.25, 0.3) is 0 Å². The molecule has 0 aliphatic heterocycles. The maximum Gasteiger partial charge on any atom is 0.338 e. The summed E-state index contributed by atoms with van der Waals surface area (Å²) < 4.78 is 84.3. The van der Waals surface area contributed by atoms with Gasteiger partial charge in [-0.2, -0.15) is 0 Å². The molecule has 0 heterocycles. The summed E-state index contributed by atoms with van der Waals surface area (Å²) in [6.07, 6.45) is 0. The van der Waals surface area contributed by atoms with Gasteiger partial charge in [-0.25, -0.2) is 38.4 Å². The summed E-state index contributed by atoms with van der Waals surface area (Å²) in [6, 6.07) is 32.9. The molecule has 0 radical (unpaired) electrons. The fraction of sp³-hybridized carbons (Fsp3) is 0.286. The first-order valence-electron chi connectivity index (χ1n) is 28.9. The van der Waals surface area contributed by atoms with Crippen molar-refractivity contribution in [3.8, 4) is 40.2 Å². The fourth-order valence-corrected chi connectivity index (χ4v) is 9.99. The van der Waals surface area contributed by atoms with E-state index in [4.69, 9.17) is 70.7 Å². The SMILES string of the molecule is COC(=O)c1cc(OCc2cc(COc3cc(C(=O)OC)cc(C(=O)OC)c3)cc(OCc3cc(COc4cc(COc5cc(C(=O)OC)cc(C(=O)OC)c5)cc(COc5cc(C(=O)OC)cc(C(=O)OC)c5)c4)cc(O[Si](C)(C)C(C)(C)C)c3)c2)cc(C(=O)OC)c1. The molecule has 7 aromatic rings. The zero-order chi connectivity index (χ0) is 68.4. The minimum Gasteiger partial charge on any atom is -0.543 e. The molecule has 0 saturated heterocycles. The highest BCUT2D eigenvalue weighted by atomic mass is 28.4. The van der Waals surface area contributed by atoms with E-state index >= 15 is 0 Å². The van der Waals surface area contributed by atoms with Crippen LogP contribution in [0.4, 0.5) is 0 Å². The third-order valence-corrected chi connectivity index (χ3v) is 19.0. The van der Waals surface area contributed by atoms with Crippen molar-refractivity contribution in [2.75, 3.05) is 56.9 Å². The van der Waals surface area contributed by atoms with Gasteiger partial charge in [0, 0.05) is 0 Å². The monoisotopic (exact) mass is 1310 g/mol. The smallest absolute Gasteiger partial charge is 0.338 e. The molecule has 494 valence electrons. The quantitative estimate of drug-likeness (QED) is 0.0250. The number of carbonyl (C=O) groups is 8. The molecule has 24 heteroatoms. The van der Waals surface area contributed by atoms with Crippen LogP contribution in [-0.4, -0.2) is 113 Å². The van der Waals surface area contributed by atoms with E-state index in [1.165, 1.54) is 130 Å². The van der Waals surface area contributed by atoms with Crippen LogP contribution in [-0.2, 0) is 77.5 Å². The van der Waals surface area contributed by atoms with E-state index in [-0.39, 0.29) is 112 Å². The van der Waals surface area contributed by atoms with Gasteiger partial charge in [0.05, 0.1) is 101 Å². The van der Waals surface area contributed by atoms with Crippen LogP contribution in [0.2, 0.25) is 18.1 Å². The van der Waals surface area contributed by atoms with Crippen molar-refractivity contribution in [3.05, 3.63) is 205 Å². The lowest BCUT2D eigenvalue weighted by molar-refractivity contribution is 0.0580. The first kappa shape index (κ1) is 70.6. The van der Waals surface area contributed by atoms with Crippen LogP contribution in [0.15, 0.2) is 127 Å². The average Bonchev–Trinajstić information content (AvgIpc) is 0.852. The van der Waals surface area contributed by atoms with Crippen LogP contribution in [0.5, 0.6) is 40.2 Å². The lowest BCUT2D eigenvalue weighted by atomic mass is 10.1. The van der Waals surface area contributed by atoms with Crippen LogP contribution >= 0.6 is 0 Å². The summed E-state index contributed by atoms with van der Waals surface area (Å²) in [5.74, 6) is -3.81. The Hall–Kier alpha value is -10.9. The number of carbonyl (C=O) groups excluding carboxylic acids is 8. The highest BCUT2D eigenvalue weighted by molar-refractivity contribution is 6.74. The first-order chi connectivity index (χ1) is 44.8. The van der Waals surface area contributed by atoms with Crippen molar-refractivity contribution >= 4 is 56.1 Å². The number of rotatable bonds is 28. The summed E-state index contributed by atoms with van der Waals surface area (Å²) in [5.41, 5.74) is 3.93. The fourth-order valence-electron chi connectivity index (χ4n) is 8.97. The Morgan fingerprint density at radius 3 is 0.574 bits per heavy atom. The average molecular weight is 1310 g/mol. The molecule has 7 aromatic carbocycles. The molecule has 0 aromatic heterocycles. The largest absolute Gasteiger partial charge is 0.543 e. The summed E-state index contributed by atoms with van der Waals surface area (Å²) in [5, 5.41) is -0.204. The Morgan fingerprint density at radius 1 is 0.255 bits per heavy atom. The maximum absolute atomic E-state index is 12.7. The molecule has 0 fully saturated rings. The van der Waals surface area contributed by atoms with Gasteiger partial charge in [-0.15, -0.1) is 0 Å². The highest BCUT2D eigenvalue weighted by Gasteiger charge is 2.39. The molecule has 94 heavy (non-hydrogen) atoms. The van der Waals surface area contributed by atoms with Gasteiger partial charge in [-0.05, 0) is 179 Å². The molecule has 0 aliphatic carbocycles. The van der Waals surface area contributed by atoms with Gasteiger partial charge in [0.15, 0.2) is 0 Å². The molecule has 23 nitrogen and oxygen atoms in total. The summed E-state index contributed by atoms with van der Waals surface area (Å²) >= 11 is 0. The van der Waals surface area contributed by atoms with E-state index in [1.807, 2.05) is 18.2 Å². The Bertz CT molecular complexity index is 3400. The van der Waals surface area contributed by atoms with Gasteiger partial charge < -0.3 is 70.7 Å². The second-order valence-electron chi connectivity index (χ2n) is 22.5. The maximum atomic E-state index is 12.7. The Balaban J connectivity index is 1.24. The van der Waals surface area contributed by atoms with E-state index < -0.39 is 56.1 Å². The normalized spacial score (nSPS) is 11.0. The molecule has 7 rings (SSSR count). The van der Waals surface area contributed by atoms with Crippen molar-refractivity contribution in [1.29, 1.82) is 0 Å². The molecule has 0 atom stereocenters. The minimum atomic E-state index is -2.48. The van der Waals surface area contributed by atoms with Crippen molar-refractivity contribution < 1.29 is 109 Å².